The van der Waals surface area contributed by atoms with E-state index in [9.17, 15) is 14.3 Å². The van der Waals surface area contributed by atoms with Gasteiger partial charge >= 0.3 is 12.0 Å². The number of carbonyl (C=O) groups excluding carboxylic acids is 1. The molecule has 0 radical (unpaired) electrons. The number of rotatable bonds is 8. The third-order valence-electron chi connectivity index (χ3n) is 9.81. The minimum atomic E-state index is -0.320. The molecule has 10 nitrogen and oxygen atoms in total. The number of halogens is 1. The smallest absolute Gasteiger partial charge is 0.318 e. The van der Waals surface area contributed by atoms with Crippen molar-refractivity contribution in [1.82, 2.24) is 25.5 Å². The number of phenolic OH excluding ortho intramolecular Hbond substituents is 1. The second-order valence-electron chi connectivity index (χ2n) is 13.5. The molecule has 2 amide bonds. The first kappa shape index (κ1) is 28.9. The summed E-state index contributed by atoms with van der Waals surface area (Å²) in [4.78, 5) is 28.8. The van der Waals surface area contributed by atoms with Crippen molar-refractivity contribution in [2.45, 2.75) is 57.5 Å². The fourth-order valence-corrected chi connectivity index (χ4v) is 7.54. The molecule has 1 atom stereocenters. The molecule has 2 aromatic carbocycles. The topological polar surface area (TPSA) is 106 Å². The van der Waals surface area contributed by atoms with Crippen LogP contribution in [-0.2, 0) is 19.4 Å². The summed E-state index contributed by atoms with van der Waals surface area (Å²) in [7, 11) is 4.18. The summed E-state index contributed by atoms with van der Waals surface area (Å²) in [6.07, 6.45) is 5.35. The average Bonchev–Trinajstić information content (AvgIpc) is 3.67. The fraction of sp³-hybridized carbons (Fsp3) is 0.545. The van der Waals surface area contributed by atoms with Crippen molar-refractivity contribution in [3.8, 4) is 11.8 Å². The van der Waals surface area contributed by atoms with E-state index in [1.165, 1.54) is 6.07 Å². The Morgan fingerprint density at radius 1 is 1.14 bits per heavy atom. The average molecular weight is 604 g/mol. The number of benzene rings is 2. The van der Waals surface area contributed by atoms with Gasteiger partial charge in [0, 0.05) is 60.8 Å². The Labute approximate surface area is 257 Å². The summed E-state index contributed by atoms with van der Waals surface area (Å²) in [5, 5.41) is 18.4. The Kier molecular flexibility index (Phi) is 7.18. The second-order valence-corrected chi connectivity index (χ2v) is 13.5. The van der Waals surface area contributed by atoms with Gasteiger partial charge in [-0.2, -0.15) is 9.97 Å². The van der Waals surface area contributed by atoms with Crippen LogP contribution in [0.3, 0.4) is 0 Å². The first-order valence-corrected chi connectivity index (χ1v) is 15.8. The van der Waals surface area contributed by atoms with Crippen LogP contribution in [-0.4, -0.2) is 85.0 Å². The number of nitrogens with zero attached hydrogens (tertiary/aromatic N) is 5. The van der Waals surface area contributed by atoms with Gasteiger partial charge in [0.15, 0.2) is 0 Å². The van der Waals surface area contributed by atoms with Gasteiger partial charge < -0.3 is 35.2 Å². The van der Waals surface area contributed by atoms with Crippen LogP contribution < -0.4 is 25.2 Å². The molecular weight excluding hydrogens is 561 g/mol. The molecule has 7 rings (SSSR count). The normalized spacial score (nSPS) is 22.3. The Morgan fingerprint density at radius 3 is 2.70 bits per heavy atom. The first-order chi connectivity index (χ1) is 21.2. The summed E-state index contributed by atoms with van der Waals surface area (Å²) in [5.41, 5.74) is 3.24. The van der Waals surface area contributed by atoms with Crippen molar-refractivity contribution in [1.29, 1.82) is 0 Å². The molecule has 1 spiro atoms. The van der Waals surface area contributed by atoms with Crippen molar-refractivity contribution in [3.63, 3.8) is 0 Å². The number of hydrogen-bond acceptors (Lipinski definition) is 8. The summed E-state index contributed by atoms with van der Waals surface area (Å²) >= 11 is 0. The lowest BCUT2D eigenvalue weighted by Gasteiger charge is -2.41. The highest BCUT2D eigenvalue weighted by atomic mass is 19.1. The molecule has 3 aromatic rings. The molecule has 0 bridgehead atoms. The molecule has 234 valence electrons. The summed E-state index contributed by atoms with van der Waals surface area (Å²) in [6.45, 7) is 6.74. The van der Waals surface area contributed by atoms with Crippen LogP contribution in [0.25, 0.3) is 10.8 Å². The molecule has 44 heavy (non-hydrogen) atoms. The van der Waals surface area contributed by atoms with Crippen LogP contribution in [0.1, 0.15) is 49.4 Å². The Morgan fingerprint density at radius 2 is 1.98 bits per heavy atom. The predicted octanol–water partition coefficient (Wildman–Crippen LogP) is 3.97. The number of amides is 2. The Bertz CT molecular complexity index is 1610. The molecule has 2 saturated heterocycles. The zero-order valence-electron chi connectivity index (χ0n) is 25.9. The molecule has 3 N–H and O–H groups in total. The number of phenols is 1. The zero-order chi connectivity index (χ0) is 30.6. The largest absolute Gasteiger partial charge is 0.508 e. The fourth-order valence-electron chi connectivity index (χ4n) is 7.54. The van der Waals surface area contributed by atoms with Crippen LogP contribution in [0, 0.1) is 11.2 Å². The lowest BCUT2D eigenvalue weighted by atomic mass is 9.89. The van der Waals surface area contributed by atoms with Crippen LogP contribution in [0.15, 0.2) is 24.3 Å². The van der Waals surface area contributed by atoms with Crippen LogP contribution in [0.4, 0.5) is 20.7 Å². The number of anilines is 2. The number of aryl methyl sites for hydroxylation is 1. The van der Waals surface area contributed by atoms with Crippen molar-refractivity contribution in [2.24, 2.45) is 5.41 Å². The van der Waals surface area contributed by atoms with Crippen LogP contribution in [0.2, 0.25) is 0 Å². The maximum Gasteiger partial charge on any atom is 0.318 e. The molecule has 1 aliphatic carbocycles. The molecule has 1 aromatic heterocycles. The summed E-state index contributed by atoms with van der Waals surface area (Å²) < 4.78 is 21.4. The number of piperidine rings is 1. The van der Waals surface area contributed by atoms with Gasteiger partial charge in [0.1, 0.15) is 17.4 Å². The number of fused-ring (bicyclic) bond motifs is 2. The highest BCUT2D eigenvalue weighted by Gasteiger charge is 2.45. The molecule has 11 heteroatoms. The Balaban J connectivity index is 1.25. The molecule has 4 heterocycles. The minimum Gasteiger partial charge on any atom is -0.508 e. The van der Waals surface area contributed by atoms with E-state index in [2.05, 4.69) is 39.4 Å². The van der Waals surface area contributed by atoms with Gasteiger partial charge in [-0.3, -0.25) is 0 Å². The van der Waals surface area contributed by atoms with Gasteiger partial charge in [0.2, 0.25) is 0 Å². The molecule has 1 saturated carbocycles. The van der Waals surface area contributed by atoms with Gasteiger partial charge in [-0.05, 0) is 75.7 Å². The lowest BCUT2D eigenvalue weighted by molar-refractivity contribution is 0.182. The number of urea groups is 1. The number of aromatic hydroxyl groups is 1. The SMILES string of the molecule is CCc1c(F)ccc2cc(O)cc(N3CCc4c(nc(OCC5(CN(C)C)CC5)nc4N4CCCC5(CNC(=O)N5)C4)C3)c12. The number of aromatic nitrogens is 2. The van der Waals surface area contributed by atoms with Crippen molar-refractivity contribution in [3.05, 3.63) is 46.9 Å². The van der Waals surface area contributed by atoms with Crippen LogP contribution in [0.5, 0.6) is 11.8 Å². The van der Waals surface area contributed by atoms with Crippen molar-refractivity contribution in [2.75, 3.05) is 63.2 Å². The third-order valence-corrected chi connectivity index (χ3v) is 9.81. The maximum absolute atomic E-state index is 15.0. The van der Waals surface area contributed by atoms with E-state index in [-0.39, 0.29) is 28.6 Å². The van der Waals surface area contributed by atoms with E-state index < -0.39 is 0 Å². The summed E-state index contributed by atoms with van der Waals surface area (Å²) in [5.74, 6) is 0.799. The highest BCUT2D eigenvalue weighted by Crippen LogP contribution is 2.46. The number of hydrogen-bond donors (Lipinski definition) is 3. The lowest BCUT2D eigenvalue weighted by Crippen LogP contribution is -2.56. The quantitative estimate of drug-likeness (QED) is 0.355. The van der Waals surface area contributed by atoms with Gasteiger partial charge in [-0.15, -0.1) is 0 Å². The van der Waals surface area contributed by atoms with Crippen LogP contribution >= 0.6 is 0 Å². The zero-order valence-corrected chi connectivity index (χ0v) is 25.9. The minimum absolute atomic E-state index is 0.118. The van der Waals surface area contributed by atoms with E-state index in [4.69, 9.17) is 14.7 Å². The van der Waals surface area contributed by atoms with Gasteiger partial charge in [0.05, 0.1) is 24.4 Å². The molecular formula is C33H42FN7O3. The monoisotopic (exact) mass is 603 g/mol. The molecule has 3 fully saturated rings. The van der Waals surface area contributed by atoms with Crippen molar-refractivity contribution < 1.29 is 19.0 Å². The van der Waals surface area contributed by atoms with Gasteiger partial charge in [-0.1, -0.05) is 13.0 Å². The number of nitrogens with one attached hydrogen (secondary N) is 2. The van der Waals surface area contributed by atoms with Gasteiger partial charge in [-0.25, -0.2) is 9.18 Å². The predicted molar refractivity (Wildman–Crippen MR) is 168 cm³/mol. The van der Waals surface area contributed by atoms with E-state index in [1.807, 2.05) is 6.92 Å². The molecule has 3 aliphatic heterocycles. The number of carbonyl (C=O) groups is 1. The van der Waals surface area contributed by atoms with Crippen molar-refractivity contribution >= 4 is 28.3 Å². The standard InChI is InChI=1S/C33H42FN7O3/c1-4-23-25(34)7-6-21-14-22(42)15-27(28(21)23)40-13-8-24-26(16-40)36-31(44-20-32(10-11-32)18-39(2)3)37-29(24)41-12-5-9-33(19-41)17-35-30(43)38-33/h6-7,14-15,42H,4-5,8-13,16-20H2,1-3H3,(H2,35,38,43). The first-order valence-electron chi connectivity index (χ1n) is 15.8. The third kappa shape index (κ3) is 5.35. The molecule has 1 unspecified atom stereocenters. The summed E-state index contributed by atoms with van der Waals surface area (Å²) in [6, 6.07) is 6.92. The van der Waals surface area contributed by atoms with E-state index >= 15 is 0 Å². The van der Waals surface area contributed by atoms with E-state index in [0.29, 0.717) is 57.2 Å². The molecule has 4 aliphatic rings. The van der Waals surface area contributed by atoms with Gasteiger partial charge in [0.25, 0.3) is 0 Å². The maximum atomic E-state index is 15.0. The van der Waals surface area contributed by atoms with E-state index in [0.717, 1.165) is 72.3 Å². The highest BCUT2D eigenvalue weighted by molar-refractivity contribution is 5.98. The van der Waals surface area contributed by atoms with E-state index in [1.54, 1.807) is 18.2 Å². The Hall–Kier alpha value is -3.86. The number of ether oxygens (including phenoxy) is 1. The second kappa shape index (κ2) is 10.9.